The molecule has 0 radical (unpaired) electrons. The molecule has 0 aliphatic heterocycles. The summed E-state index contributed by atoms with van der Waals surface area (Å²) >= 11 is 0. The van der Waals surface area contributed by atoms with Gasteiger partial charge in [-0.15, -0.1) is 0 Å². The number of H-pyrrole nitrogens is 1. The highest BCUT2D eigenvalue weighted by Crippen LogP contribution is 2.29. The van der Waals surface area contributed by atoms with Crippen molar-refractivity contribution in [1.29, 1.82) is 0 Å². The molecule has 1 aromatic heterocycles. The topological polar surface area (TPSA) is 79.5 Å². The number of unbranched alkanes of at least 4 members (excludes halogenated alkanes) is 1. The molecule has 1 aliphatic rings. The summed E-state index contributed by atoms with van der Waals surface area (Å²) in [5, 5.41) is 0. The maximum atomic E-state index is 12.8. The van der Waals surface area contributed by atoms with Crippen molar-refractivity contribution in [3.63, 3.8) is 0 Å². The van der Waals surface area contributed by atoms with Gasteiger partial charge in [-0.2, -0.15) is 0 Å². The number of ketones is 1. The Morgan fingerprint density at radius 1 is 1.20 bits per heavy atom. The van der Waals surface area contributed by atoms with Crippen LogP contribution >= 0.6 is 0 Å². The molecule has 1 heterocycles. The quantitative estimate of drug-likeness (QED) is 0.549. The van der Waals surface area contributed by atoms with E-state index in [2.05, 4.69) is 4.98 Å². The Morgan fingerprint density at radius 3 is 2.44 bits per heavy atom. The Morgan fingerprint density at radius 2 is 1.88 bits per heavy atom. The zero-order valence-corrected chi connectivity index (χ0v) is 15.6. The van der Waals surface area contributed by atoms with Crippen molar-refractivity contribution in [3.8, 4) is 0 Å². The third kappa shape index (κ3) is 4.50. The van der Waals surface area contributed by atoms with Gasteiger partial charge in [-0.05, 0) is 45.6 Å². The maximum absolute atomic E-state index is 12.8. The number of rotatable bonds is 9. The molecule has 1 fully saturated rings. The van der Waals surface area contributed by atoms with Gasteiger partial charge in [-0.3, -0.25) is 9.59 Å². The summed E-state index contributed by atoms with van der Waals surface area (Å²) in [4.78, 5) is 41.9. The minimum Gasteiger partial charge on any atom is -0.461 e. The molecule has 25 heavy (non-hydrogen) atoms. The second kappa shape index (κ2) is 8.32. The van der Waals surface area contributed by atoms with Crippen LogP contribution in [-0.2, 0) is 9.53 Å². The third-order valence-corrected chi connectivity index (χ3v) is 4.56. The van der Waals surface area contributed by atoms with Crippen LogP contribution in [0.1, 0.15) is 78.1 Å². The standard InChI is InChI=1S/C19H28N2O4/c1-5-7-8-16(23)21(14-9-10-14)11-15(22)17-12(3)18(20-13(17)4)19(24)25-6-2/h14,20H,5-11H2,1-4H3. The first-order chi connectivity index (χ1) is 11.9. The summed E-state index contributed by atoms with van der Waals surface area (Å²) in [5.74, 6) is -0.534. The Labute approximate surface area is 148 Å². The average molecular weight is 348 g/mol. The number of nitrogens with zero attached hydrogens (tertiary/aromatic N) is 1. The summed E-state index contributed by atoms with van der Waals surface area (Å²) in [5.41, 5.74) is 2.05. The highest BCUT2D eigenvalue weighted by molar-refractivity contribution is 6.04. The van der Waals surface area contributed by atoms with E-state index in [4.69, 9.17) is 4.74 Å². The zero-order valence-electron chi connectivity index (χ0n) is 15.6. The summed E-state index contributed by atoms with van der Waals surface area (Å²) in [6.07, 6.45) is 4.21. The molecule has 1 saturated carbocycles. The number of amides is 1. The van der Waals surface area contributed by atoms with E-state index in [0.29, 0.717) is 28.9 Å². The van der Waals surface area contributed by atoms with Crippen LogP contribution in [0.4, 0.5) is 0 Å². The molecule has 1 aromatic rings. The van der Waals surface area contributed by atoms with Crippen LogP contribution in [0.25, 0.3) is 0 Å². The molecule has 1 aliphatic carbocycles. The number of carbonyl (C=O) groups is 3. The van der Waals surface area contributed by atoms with Crippen LogP contribution in [0, 0.1) is 13.8 Å². The zero-order chi connectivity index (χ0) is 18.6. The largest absolute Gasteiger partial charge is 0.461 e. The molecule has 1 amide bonds. The molecule has 0 saturated heterocycles. The van der Waals surface area contributed by atoms with Gasteiger partial charge in [0.1, 0.15) is 5.69 Å². The first-order valence-electron chi connectivity index (χ1n) is 9.09. The number of aromatic nitrogens is 1. The van der Waals surface area contributed by atoms with Gasteiger partial charge in [0.2, 0.25) is 5.91 Å². The molecule has 0 atom stereocenters. The summed E-state index contributed by atoms with van der Waals surface area (Å²) in [6, 6.07) is 0.192. The molecule has 1 N–H and O–H groups in total. The van der Waals surface area contributed by atoms with Gasteiger partial charge in [0.15, 0.2) is 5.78 Å². The SMILES string of the molecule is CCCCC(=O)N(CC(=O)c1c(C)[nH]c(C(=O)OCC)c1C)C1CC1. The summed E-state index contributed by atoms with van der Waals surface area (Å²) < 4.78 is 5.02. The smallest absolute Gasteiger partial charge is 0.355 e. The maximum Gasteiger partial charge on any atom is 0.355 e. The van der Waals surface area contributed by atoms with Gasteiger partial charge in [0.05, 0.1) is 13.2 Å². The first-order valence-corrected chi connectivity index (χ1v) is 9.09. The number of carbonyl (C=O) groups excluding carboxylic acids is 3. The van der Waals surface area contributed by atoms with Crippen LogP contribution in [-0.4, -0.2) is 46.7 Å². The molecule has 2 rings (SSSR count). The minimum atomic E-state index is -0.458. The number of aryl methyl sites for hydroxylation is 1. The number of hydrogen-bond donors (Lipinski definition) is 1. The first kappa shape index (κ1) is 19.2. The van der Waals surface area contributed by atoms with Gasteiger partial charge < -0.3 is 14.6 Å². The Bertz CT molecular complexity index is 659. The third-order valence-electron chi connectivity index (χ3n) is 4.56. The van der Waals surface area contributed by atoms with Gasteiger partial charge in [-0.1, -0.05) is 13.3 Å². The van der Waals surface area contributed by atoms with E-state index in [1.54, 1.807) is 25.7 Å². The van der Waals surface area contributed by atoms with Gasteiger partial charge in [-0.25, -0.2) is 4.79 Å². The molecule has 6 heteroatoms. The van der Waals surface area contributed by atoms with E-state index < -0.39 is 5.97 Å². The van der Waals surface area contributed by atoms with Crippen LogP contribution in [0.15, 0.2) is 0 Å². The number of ether oxygens (including phenoxy) is 1. The Hall–Kier alpha value is -2.11. The van der Waals surface area contributed by atoms with E-state index in [9.17, 15) is 14.4 Å². The van der Waals surface area contributed by atoms with E-state index >= 15 is 0 Å². The lowest BCUT2D eigenvalue weighted by molar-refractivity contribution is -0.131. The van der Waals surface area contributed by atoms with Crippen molar-refractivity contribution < 1.29 is 19.1 Å². The second-order valence-corrected chi connectivity index (χ2v) is 6.63. The van der Waals surface area contributed by atoms with Gasteiger partial charge in [0, 0.05) is 23.7 Å². The fourth-order valence-corrected chi connectivity index (χ4v) is 3.09. The number of hydrogen-bond acceptors (Lipinski definition) is 4. The van der Waals surface area contributed by atoms with Crippen LogP contribution in [0.3, 0.4) is 0 Å². The summed E-state index contributed by atoms with van der Waals surface area (Å²) in [6.45, 7) is 7.65. The number of aromatic amines is 1. The molecule has 0 bridgehead atoms. The normalized spacial score (nSPS) is 13.6. The molecule has 0 spiro atoms. The van der Waals surface area contributed by atoms with Crippen molar-refractivity contribution in [2.24, 2.45) is 0 Å². The van der Waals surface area contributed by atoms with Crippen molar-refractivity contribution in [2.75, 3.05) is 13.2 Å². The van der Waals surface area contributed by atoms with Crippen molar-refractivity contribution >= 4 is 17.7 Å². The highest BCUT2D eigenvalue weighted by Gasteiger charge is 2.34. The number of nitrogens with one attached hydrogen (secondary N) is 1. The summed E-state index contributed by atoms with van der Waals surface area (Å²) in [7, 11) is 0. The highest BCUT2D eigenvalue weighted by atomic mass is 16.5. The fraction of sp³-hybridized carbons (Fsp3) is 0.632. The minimum absolute atomic E-state index is 0.0501. The van der Waals surface area contributed by atoms with Crippen molar-refractivity contribution in [1.82, 2.24) is 9.88 Å². The monoisotopic (exact) mass is 348 g/mol. The molecule has 0 unspecified atom stereocenters. The van der Waals surface area contributed by atoms with Crippen LogP contribution in [0.5, 0.6) is 0 Å². The Kier molecular flexibility index (Phi) is 6.39. The molecule has 6 nitrogen and oxygen atoms in total. The van der Waals surface area contributed by atoms with Gasteiger partial charge >= 0.3 is 5.97 Å². The van der Waals surface area contributed by atoms with Crippen LogP contribution in [0.2, 0.25) is 0 Å². The molecule has 0 aromatic carbocycles. The lowest BCUT2D eigenvalue weighted by Gasteiger charge is -2.22. The van der Waals surface area contributed by atoms with E-state index in [1.165, 1.54) is 0 Å². The number of Topliss-reactive ketones (excluding diaryl/α,β-unsaturated/α-hetero) is 1. The van der Waals surface area contributed by atoms with Crippen LogP contribution < -0.4 is 0 Å². The lowest BCUT2D eigenvalue weighted by atomic mass is 10.0. The second-order valence-electron chi connectivity index (χ2n) is 6.63. The molecule has 138 valence electrons. The van der Waals surface area contributed by atoms with Crippen molar-refractivity contribution in [3.05, 3.63) is 22.5 Å². The fourth-order valence-electron chi connectivity index (χ4n) is 3.09. The predicted molar refractivity (Wildman–Crippen MR) is 94.8 cm³/mol. The predicted octanol–water partition coefficient (Wildman–Crippen LogP) is 3.17. The van der Waals surface area contributed by atoms with Crippen molar-refractivity contribution in [2.45, 2.75) is 65.8 Å². The molecular formula is C19H28N2O4. The number of esters is 1. The Balaban J connectivity index is 2.16. The van der Waals surface area contributed by atoms with E-state index in [0.717, 1.165) is 25.7 Å². The molecular weight excluding hydrogens is 320 g/mol. The lowest BCUT2D eigenvalue weighted by Crippen LogP contribution is -2.37. The van der Waals surface area contributed by atoms with E-state index in [-0.39, 0.29) is 30.9 Å². The van der Waals surface area contributed by atoms with E-state index in [1.807, 2.05) is 6.92 Å². The van der Waals surface area contributed by atoms with Gasteiger partial charge in [0.25, 0.3) is 0 Å². The average Bonchev–Trinajstić information content (AvgIpc) is 3.35.